The molecule has 2 aromatic carbocycles. The maximum atomic E-state index is 11.4. The summed E-state index contributed by atoms with van der Waals surface area (Å²) in [6, 6.07) is 11.2. The molecule has 0 fully saturated rings. The Hall–Kier alpha value is -3.21. The van der Waals surface area contributed by atoms with Crippen LogP contribution in [0.5, 0.6) is 0 Å². The van der Waals surface area contributed by atoms with Gasteiger partial charge in [0.25, 0.3) is 5.69 Å². The van der Waals surface area contributed by atoms with Gasteiger partial charge in [0.1, 0.15) is 5.69 Å². The lowest BCUT2D eigenvalue weighted by molar-refractivity contribution is -0.383. The average Bonchev–Trinajstić information content (AvgIpc) is 3.38. The van der Waals surface area contributed by atoms with E-state index in [9.17, 15) is 10.1 Å². The summed E-state index contributed by atoms with van der Waals surface area (Å²) in [7, 11) is 3.54. The number of benzene rings is 2. The van der Waals surface area contributed by atoms with Crippen molar-refractivity contribution < 1.29 is 9.66 Å². The Balaban J connectivity index is 1.74. The number of nitro groups is 1. The van der Waals surface area contributed by atoms with Gasteiger partial charge in [-0.05, 0) is 28.5 Å². The van der Waals surface area contributed by atoms with Crippen LogP contribution >= 0.6 is 22.9 Å². The lowest BCUT2D eigenvalue weighted by Crippen LogP contribution is -2.22. The molecule has 32 heavy (non-hydrogen) atoms. The predicted octanol–water partition coefficient (Wildman–Crippen LogP) is 4.59. The molecule has 0 aliphatic rings. The molecular weight excluding hydrogens is 452 g/mol. The quantitative estimate of drug-likeness (QED) is 0.227. The van der Waals surface area contributed by atoms with Gasteiger partial charge in [-0.3, -0.25) is 14.7 Å². The second kappa shape index (κ2) is 9.11. The molecule has 0 radical (unpaired) electrons. The molecule has 2 heterocycles. The highest BCUT2D eigenvalue weighted by Gasteiger charge is 2.23. The lowest BCUT2D eigenvalue weighted by atomic mass is 10.1. The van der Waals surface area contributed by atoms with Crippen molar-refractivity contribution in [2.45, 2.75) is 13.1 Å². The Morgan fingerprint density at radius 3 is 2.84 bits per heavy atom. The van der Waals surface area contributed by atoms with E-state index in [1.54, 1.807) is 24.5 Å². The third-order valence-electron chi connectivity index (χ3n) is 5.12. The Morgan fingerprint density at radius 1 is 1.31 bits per heavy atom. The monoisotopic (exact) mass is 472 g/mol. The molecule has 166 valence electrons. The van der Waals surface area contributed by atoms with Gasteiger partial charge in [0.05, 0.1) is 23.1 Å². The normalized spacial score (nSPS) is 11.2. The Bertz CT molecular complexity index is 1290. The summed E-state index contributed by atoms with van der Waals surface area (Å²) in [6.45, 7) is 1.49. The highest BCUT2D eigenvalue weighted by atomic mass is 35.5. The molecule has 0 saturated heterocycles. The number of rotatable bonds is 8. The molecule has 0 amide bonds. The van der Waals surface area contributed by atoms with Crippen molar-refractivity contribution in [3.63, 3.8) is 0 Å². The largest absolute Gasteiger partial charge is 0.392 e. The first kappa shape index (κ1) is 22.0. The van der Waals surface area contributed by atoms with Crippen LogP contribution in [0, 0.1) is 10.1 Å². The standard InChI is InChI=1S/C21H21ClN6O3S/c1-26(11-14-12-32-18-6-4-3-5-15(14)18)21-25-24-20(27(21)7-8-31-2)13-9-16(22)19(23)17(10-13)28(29)30/h3-6,9-10,12H,7-8,11,23H2,1-2H3. The van der Waals surface area contributed by atoms with E-state index < -0.39 is 4.92 Å². The van der Waals surface area contributed by atoms with Gasteiger partial charge in [0, 0.05) is 37.0 Å². The van der Waals surface area contributed by atoms with E-state index in [1.165, 1.54) is 21.7 Å². The van der Waals surface area contributed by atoms with Crippen LogP contribution in [-0.2, 0) is 17.8 Å². The summed E-state index contributed by atoms with van der Waals surface area (Å²) in [5.74, 6) is 1.06. The summed E-state index contributed by atoms with van der Waals surface area (Å²) >= 11 is 7.87. The molecule has 2 N–H and O–H groups in total. The maximum absolute atomic E-state index is 11.4. The van der Waals surface area contributed by atoms with Gasteiger partial charge in [0.2, 0.25) is 5.95 Å². The van der Waals surface area contributed by atoms with E-state index in [2.05, 4.69) is 27.7 Å². The number of nitrogens with zero attached hydrogens (tertiary/aromatic N) is 5. The number of aromatic nitrogens is 3. The molecule has 0 bridgehead atoms. The fourth-order valence-corrected chi connectivity index (χ4v) is 4.71. The number of nitrogens with two attached hydrogens (primary N) is 1. The topological polar surface area (TPSA) is 112 Å². The maximum Gasteiger partial charge on any atom is 0.294 e. The van der Waals surface area contributed by atoms with Gasteiger partial charge < -0.3 is 15.4 Å². The summed E-state index contributed by atoms with van der Waals surface area (Å²) in [5.41, 5.74) is 7.07. The molecule has 4 aromatic rings. The zero-order valence-corrected chi connectivity index (χ0v) is 19.1. The molecule has 0 atom stereocenters. The lowest BCUT2D eigenvalue weighted by Gasteiger charge is -2.19. The number of hydrogen-bond donors (Lipinski definition) is 1. The Kier molecular flexibility index (Phi) is 6.26. The molecule has 0 spiro atoms. The van der Waals surface area contributed by atoms with Crippen LogP contribution in [0.25, 0.3) is 21.5 Å². The number of nitrogen functional groups attached to an aromatic ring is 1. The van der Waals surface area contributed by atoms with E-state index in [-0.39, 0.29) is 16.4 Å². The molecule has 2 aromatic heterocycles. The third-order valence-corrected chi connectivity index (χ3v) is 6.45. The number of ether oxygens (including phenoxy) is 1. The minimum Gasteiger partial charge on any atom is -0.392 e. The summed E-state index contributed by atoms with van der Waals surface area (Å²) in [4.78, 5) is 12.8. The van der Waals surface area contributed by atoms with Crippen LogP contribution in [0.1, 0.15) is 5.56 Å². The van der Waals surface area contributed by atoms with Crippen molar-refractivity contribution >= 4 is 50.3 Å². The van der Waals surface area contributed by atoms with Gasteiger partial charge in [-0.15, -0.1) is 21.5 Å². The highest BCUT2D eigenvalue weighted by molar-refractivity contribution is 7.17. The molecule has 0 aliphatic carbocycles. The van der Waals surface area contributed by atoms with Crippen molar-refractivity contribution in [1.82, 2.24) is 14.8 Å². The van der Waals surface area contributed by atoms with E-state index in [0.717, 1.165) is 0 Å². The third kappa shape index (κ3) is 4.12. The zero-order chi connectivity index (χ0) is 22.8. The minimum absolute atomic E-state index is 0.0787. The average molecular weight is 473 g/mol. The SMILES string of the molecule is COCCn1c(-c2cc(Cl)c(N)c([N+](=O)[O-])c2)nnc1N(C)Cc1csc2ccccc12. The van der Waals surface area contributed by atoms with Gasteiger partial charge in [0.15, 0.2) is 5.82 Å². The van der Waals surface area contributed by atoms with Gasteiger partial charge in [-0.2, -0.15) is 0 Å². The zero-order valence-electron chi connectivity index (χ0n) is 17.5. The van der Waals surface area contributed by atoms with Gasteiger partial charge in [-0.25, -0.2) is 0 Å². The first-order valence-electron chi connectivity index (χ1n) is 9.73. The molecule has 11 heteroatoms. The van der Waals surface area contributed by atoms with Crippen molar-refractivity contribution in [3.05, 3.63) is 62.5 Å². The summed E-state index contributed by atoms with van der Waals surface area (Å²) < 4.78 is 8.35. The van der Waals surface area contributed by atoms with Crippen LogP contribution in [0.4, 0.5) is 17.3 Å². The van der Waals surface area contributed by atoms with E-state index in [1.807, 2.05) is 28.6 Å². The van der Waals surface area contributed by atoms with Crippen molar-refractivity contribution in [1.29, 1.82) is 0 Å². The fraction of sp³-hybridized carbons (Fsp3) is 0.238. The van der Waals surface area contributed by atoms with Crippen molar-refractivity contribution in [3.8, 4) is 11.4 Å². The van der Waals surface area contributed by atoms with E-state index in [0.29, 0.717) is 37.0 Å². The number of anilines is 2. The molecule has 9 nitrogen and oxygen atoms in total. The summed E-state index contributed by atoms with van der Waals surface area (Å²) in [5, 5.41) is 23.5. The molecular formula is C21H21ClN6O3S. The molecule has 0 unspecified atom stereocenters. The van der Waals surface area contributed by atoms with Gasteiger partial charge in [-0.1, -0.05) is 29.8 Å². The van der Waals surface area contributed by atoms with Crippen LogP contribution in [0.3, 0.4) is 0 Å². The predicted molar refractivity (Wildman–Crippen MR) is 127 cm³/mol. The van der Waals surface area contributed by atoms with Gasteiger partial charge >= 0.3 is 0 Å². The number of hydrogen-bond acceptors (Lipinski definition) is 8. The Morgan fingerprint density at radius 2 is 2.09 bits per heavy atom. The Labute approximate surface area is 193 Å². The van der Waals surface area contributed by atoms with Crippen LogP contribution in [-0.4, -0.2) is 40.5 Å². The number of fused-ring (bicyclic) bond motifs is 1. The number of thiophene rings is 1. The van der Waals surface area contributed by atoms with E-state index in [4.69, 9.17) is 22.1 Å². The van der Waals surface area contributed by atoms with E-state index >= 15 is 0 Å². The van der Waals surface area contributed by atoms with Crippen LogP contribution in [0.15, 0.2) is 41.8 Å². The fourth-order valence-electron chi connectivity index (χ4n) is 3.54. The number of methoxy groups -OCH3 is 1. The second-order valence-corrected chi connectivity index (χ2v) is 8.55. The van der Waals surface area contributed by atoms with Crippen LogP contribution in [0.2, 0.25) is 5.02 Å². The number of nitro benzene ring substituents is 1. The second-order valence-electron chi connectivity index (χ2n) is 7.23. The first-order valence-corrected chi connectivity index (χ1v) is 11.0. The first-order chi connectivity index (χ1) is 15.4. The number of halogens is 1. The van der Waals surface area contributed by atoms with Crippen LogP contribution < -0.4 is 10.6 Å². The molecule has 4 rings (SSSR count). The van der Waals surface area contributed by atoms with Crippen molar-refractivity contribution in [2.24, 2.45) is 0 Å². The molecule has 0 saturated carbocycles. The minimum atomic E-state index is -0.560. The summed E-state index contributed by atoms with van der Waals surface area (Å²) in [6.07, 6.45) is 0. The smallest absolute Gasteiger partial charge is 0.294 e. The molecule has 0 aliphatic heterocycles. The van der Waals surface area contributed by atoms with Crippen molar-refractivity contribution in [2.75, 3.05) is 31.4 Å². The highest BCUT2D eigenvalue weighted by Crippen LogP contribution is 2.36.